The third-order valence-electron chi connectivity index (χ3n) is 5.10. The average molecular weight is 442 g/mol. The molecule has 29 heavy (non-hydrogen) atoms. The van der Waals surface area contributed by atoms with Gasteiger partial charge < -0.3 is 20.1 Å². The Labute approximate surface area is 180 Å². The highest BCUT2D eigenvalue weighted by atomic mass is 35.5. The maximum atomic E-state index is 12.4. The van der Waals surface area contributed by atoms with Gasteiger partial charge in [0.05, 0.1) is 35.4 Å². The molecule has 158 valence electrons. The Bertz CT molecular complexity index is 794. The van der Waals surface area contributed by atoms with Crippen LogP contribution in [0.15, 0.2) is 29.5 Å². The highest BCUT2D eigenvalue weighted by molar-refractivity contribution is 6.42. The molecule has 0 unspecified atom stereocenters. The second-order valence-corrected chi connectivity index (χ2v) is 7.93. The largest absolute Gasteiger partial charge is 0.503 e. The van der Waals surface area contributed by atoms with E-state index in [0.29, 0.717) is 49.3 Å². The summed E-state index contributed by atoms with van der Waals surface area (Å²) in [6.45, 7) is 4.76. The van der Waals surface area contributed by atoms with E-state index in [1.807, 2.05) is 12.1 Å². The van der Waals surface area contributed by atoms with Gasteiger partial charge in [-0.2, -0.15) is 0 Å². The fraction of sp³-hybridized carbons (Fsp3) is 0.500. The van der Waals surface area contributed by atoms with Gasteiger partial charge in [0.25, 0.3) is 11.8 Å². The summed E-state index contributed by atoms with van der Waals surface area (Å²) in [6, 6.07) is 5.45. The van der Waals surface area contributed by atoms with Crippen molar-refractivity contribution in [2.45, 2.75) is 12.8 Å². The Hall–Kier alpha value is -1.80. The number of aliphatic hydroxyl groups excluding tert-OH is 1. The smallest absolute Gasteiger partial charge is 0.289 e. The summed E-state index contributed by atoms with van der Waals surface area (Å²) in [5.41, 5.74) is 1.16. The molecule has 1 aromatic rings. The fourth-order valence-corrected chi connectivity index (χ4v) is 3.68. The van der Waals surface area contributed by atoms with Crippen LogP contribution in [0.3, 0.4) is 0 Å². The van der Waals surface area contributed by atoms with E-state index in [-0.39, 0.29) is 12.1 Å². The summed E-state index contributed by atoms with van der Waals surface area (Å²) in [5.74, 6) is -1.34. The van der Waals surface area contributed by atoms with E-state index < -0.39 is 17.6 Å². The van der Waals surface area contributed by atoms with Crippen LogP contribution in [-0.4, -0.2) is 79.2 Å². The van der Waals surface area contributed by atoms with Crippen molar-refractivity contribution >= 4 is 35.0 Å². The first-order valence-corrected chi connectivity index (χ1v) is 10.4. The van der Waals surface area contributed by atoms with Gasteiger partial charge in [-0.25, -0.2) is 0 Å². The molecule has 7 nitrogen and oxygen atoms in total. The van der Waals surface area contributed by atoms with Crippen LogP contribution in [0, 0.1) is 0 Å². The van der Waals surface area contributed by atoms with Gasteiger partial charge in [-0.15, -0.1) is 0 Å². The highest BCUT2D eigenvalue weighted by Crippen LogP contribution is 2.23. The first-order chi connectivity index (χ1) is 14.0. The van der Waals surface area contributed by atoms with E-state index in [1.54, 1.807) is 6.07 Å². The van der Waals surface area contributed by atoms with Crippen molar-refractivity contribution in [1.82, 2.24) is 15.1 Å². The van der Waals surface area contributed by atoms with Crippen molar-refractivity contribution in [2.75, 3.05) is 52.5 Å². The minimum Gasteiger partial charge on any atom is -0.503 e. The zero-order chi connectivity index (χ0) is 20.8. The number of ether oxygens (including phenoxy) is 1. The van der Waals surface area contributed by atoms with Gasteiger partial charge >= 0.3 is 0 Å². The zero-order valence-corrected chi connectivity index (χ0v) is 17.6. The zero-order valence-electron chi connectivity index (χ0n) is 16.1. The molecule has 0 spiro atoms. The summed E-state index contributed by atoms with van der Waals surface area (Å²) in [7, 11) is 0. The molecular weight excluding hydrogens is 417 g/mol. The van der Waals surface area contributed by atoms with Crippen LogP contribution in [0.2, 0.25) is 10.0 Å². The molecule has 0 radical (unpaired) electrons. The lowest BCUT2D eigenvalue weighted by atomic mass is 10.1. The van der Waals surface area contributed by atoms with E-state index in [0.717, 1.165) is 25.1 Å². The van der Waals surface area contributed by atoms with Gasteiger partial charge in [-0.05, 0) is 30.5 Å². The van der Waals surface area contributed by atoms with Gasteiger partial charge in [-0.3, -0.25) is 14.5 Å². The third kappa shape index (κ3) is 5.85. The number of amides is 2. The van der Waals surface area contributed by atoms with Gasteiger partial charge in [-0.1, -0.05) is 29.3 Å². The molecule has 0 aromatic heterocycles. The van der Waals surface area contributed by atoms with Crippen molar-refractivity contribution in [3.05, 3.63) is 45.1 Å². The number of morpholine rings is 1. The Morgan fingerprint density at radius 2 is 1.93 bits per heavy atom. The first kappa shape index (κ1) is 21.9. The van der Waals surface area contributed by atoms with E-state index in [4.69, 9.17) is 27.9 Å². The predicted molar refractivity (Wildman–Crippen MR) is 111 cm³/mol. The molecule has 0 aliphatic carbocycles. The van der Waals surface area contributed by atoms with Gasteiger partial charge in [0.2, 0.25) is 0 Å². The van der Waals surface area contributed by atoms with Crippen LogP contribution in [0.1, 0.15) is 12.0 Å². The molecule has 0 saturated carbocycles. The summed E-state index contributed by atoms with van der Waals surface area (Å²) in [6.07, 6.45) is 1.43. The third-order valence-corrected chi connectivity index (χ3v) is 5.84. The van der Waals surface area contributed by atoms with E-state index in [9.17, 15) is 14.7 Å². The second kappa shape index (κ2) is 10.3. The number of benzene rings is 1. The second-order valence-electron chi connectivity index (χ2n) is 7.12. The SMILES string of the molecule is O=C(NCCCc1ccc(Cl)c(Cl)c1)C1=C(O)C(=O)N(CCN2CCOCC2)C1. The summed E-state index contributed by atoms with van der Waals surface area (Å²) in [5, 5.41) is 13.9. The summed E-state index contributed by atoms with van der Waals surface area (Å²) < 4.78 is 5.31. The lowest BCUT2D eigenvalue weighted by Crippen LogP contribution is -2.42. The molecule has 1 fully saturated rings. The number of nitrogens with zero attached hydrogens (tertiary/aromatic N) is 2. The quantitative estimate of drug-likeness (QED) is 0.603. The lowest BCUT2D eigenvalue weighted by molar-refractivity contribution is -0.128. The van der Waals surface area contributed by atoms with Gasteiger partial charge in [0.15, 0.2) is 5.76 Å². The fourth-order valence-electron chi connectivity index (χ4n) is 3.36. The Morgan fingerprint density at radius 3 is 2.66 bits per heavy atom. The number of carbonyl (C=O) groups is 2. The molecule has 2 heterocycles. The van der Waals surface area contributed by atoms with Crippen LogP contribution in [0.4, 0.5) is 0 Å². The topological polar surface area (TPSA) is 82.1 Å². The van der Waals surface area contributed by atoms with Crippen LogP contribution in [0.25, 0.3) is 0 Å². The maximum absolute atomic E-state index is 12.4. The van der Waals surface area contributed by atoms with Crippen molar-refractivity contribution < 1.29 is 19.4 Å². The summed E-state index contributed by atoms with van der Waals surface area (Å²) >= 11 is 11.9. The minimum atomic E-state index is -0.487. The van der Waals surface area contributed by atoms with E-state index in [2.05, 4.69) is 10.2 Å². The Balaban J connectivity index is 1.42. The number of carbonyl (C=O) groups excluding carboxylic acids is 2. The minimum absolute atomic E-state index is 0.131. The number of aryl methyl sites for hydroxylation is 1. The standard InChI is InChI=1S/C20H25Cl2N3O4/c21-16-4-3-14(12-17(16)22)2-1-5-23-19(27)15-13-25(20(28)18(15)26)7-6-24-8-10-29-11-9-24/h3-4,12,26H,1-2,5-11,13H2,(H,23,27). The molecule has 3 rings (SSSR count). The highest BCUT2D eigenvalue weighted by Gasteiger charge is 2.33. The van der Waals surface area contributed by atoms with Crippen LogP contribution in [0.5, 0.6) is 0 Å². The van der Waals surface area contributed by atoms with Crippen molar-refractivity contribution in [1.29, 1.82) is 0 Å². The molecule has 2 aliphatic heterocycles. The molecule has 2 N–H and O–H groups in total. The predicted octanol–water partition coefficient (Wildman–Crippen LogP) is 2.03. The summed E-state index contributed by atoms with van der Waals surface area (Å²) in [4.78, 5) is 28.3. The lowest BCUT2D eigenvalue weighted by Gasteiger charge is -2.28. The molecular formula is C20H25Cl2N3O4. The molecule has 1 aromatic carbocycles. The van der Waals surface area contributed by atoms with Crippen molar-refractivity contribution in [3.63, 3.8) is 0 Å². The maximum Gasteiger partial charge on any atom is 0.289 e. The van der Waals surface area contributed by atoms with Gasteiger partial charge in [0, 0.05) is 32.7 Å². The van der Waals surface area contributed by atoms with Crippen LogP contribution < -0.4 is 5.32 Å². The normalized spacial score (nSPS) is 17.9. The monoisotopic (exact) mass is 441 g/mol. The number of halogens is 2. The van der Waals surface area contributed by atoms with Gasteiger partial charge in [0.1, 0.15) is 0 Å². The molecule has 2 amide bonds. The van der Waals surface area contributed by atoms with E-state index >= 15 is 0 Å². The molecule has 0 atom stereocenters. The number of aliphatic hydroxyl groups is 1. The van der Waals surface area contributed by atoms with Crippen LogP contribution in [-0.2, 0) is 20.7 Å². The number of hydrogen-bond acceptors (Lipinski definition) is 5. The average Bonchev–Trinajstić information content (AvgIpc) is 3.01. The molecule has 9 heteroatoms. The number of rotatable bonds is 8. The molecule has 2 aliphatic rings. The molecule has 1 saturated heterocycles. The van der Waals surface area contributed by atoms with Crippen molar-refractivity contribution in [2.24, 2.45) is 0 Å². The Kier molecular flexibility index (Phi) is 7.77. The number of hydrogen-bond donors (Lipinski definition) is 2. The number of nitrogens with one attached hydrogen (secondary N) is 1. The Morgan fingerprint density at radius 1 is 1.17 bits per heavy atom. The van der Waals surface area contributed by atoms with E-state index in [1.165, 1.54) is 4.90 Å². The first-order valence-electron chi connectivity index (χ1n) is 9.69. The van der Waals surface area contributed by atoms with Crippen molar-refractivity contribution in [3.8, 4) is 0 Å². The molecule has 0 bridgehead atoms. The van der Waals surface area contributed by atoms with Crippen LogP contribution >= 0.6 is 23.2 Å².